The molecule has 0 heterocycles. The van der Waals surface area contributed by atoms with Crippen LogP contribution in [0.2, 0.25) is 0 Å². The van der Waals surface area contributed by atoms with Gasteiger partial charge in [0.25, 0.3) is 0 Å². The molecule has 0 saturated carbocycles. The van der Waals surface area contributed by atoms with Crippen LogP contribution in [0.1, 0.15) is 37.3 Å². The van der Waals surface area contributed by atoms with E-state index in [1.54, 1.807) is 0 Å². The van der Waals surface area contributed by atoms with Gasteiger partial charge in [-0.1, -0.05) is 36.8 Å². The van der Waals surface area contributed by atoms with Crippen molar-refractivity contribution in [3.8, 4) is 11.8 Å². The summed E-state index contributed by atoms with van der Waals surface area (Å²) in [6, 6.07) is 8.70. The fourth-order valence-corrected chi connectivity index (χ4v) is 1.27. The highest BCUT2D eigenvalue weighted by atomic mass is 14.1. The van der Waals surface area contributed by atoms with Crippen molar-refractivity contribution in [1.29, 1.82) is 0 Å². The highest BCUT2D eigenvalue weighted by Gasteiger charge is 2.01. The van der Waals surface area contributed by atoms with Crippen LogP contribution in [0.3, 0.4) is 0 Å². The summed E-state index contributed by atoms with van der Waals surface area (Å²) >= 11 is 0. The molecule has 1 aromatic carbocycles. The fraction of sp³-hybridized carbons (Fsp3) is 0.385. The summed E-state index contributed by atoms with van der Waals surface area (Å²) in [5.41, 5.74) is 2.70. The molecule has 0 aromatic heterocycles. The van der Waals surface area contributed by atoms with Crippen molar-refractivity contribution in [2.24, 2.45) is 0 Å². The second kappa shape index (κ2) is 4.72. The van der Waals surface area contributed by atoms with Gasteiger partial charge in [-0.15, -0.1) is 11.8 Å². The zero-order valence-corrected chi connectivity index (χ0v) is 8.59. The van der Waals surface area contributed by atoms with E-state index in [4.69, 9.17) is 0 Å². The zero-order valence-electron chi connectivity index (χ0n) is 8.59. The van der Waals surface area contributed by atoms with E-state index in [9.17, 15) is 0 Å². The average Bonchev–Trinajstić information content (AvgIpc) is 2.15. The maximum Gasteiger partial charge on any atom is 0.0155 e. The van der Waals surface area contributed by atoms with Crippen LogP contribution in [-0.2, 0) is 0 Å². The van der Waals surface area contributed by atoms with E-state index in [1.165, 1.54) is 11.1 Å². The monoisotopic (exact) mass is 172 g/mol. The van der Waals surface area contributed by atoms with E-state index >= 15 is 0 Å². The smallest absolute Gasteiger partial charge is 0.0155 e. The quantitative estimate of drug-likeness (QED) is 0.599. The van der Waals surface area contributed by atoms with E-state index in [0.29, 0.717) is 5.92 Å². The molecular weight excluding hydrogens is 156 g/mol. The Morgan fingerprint density at radius 3 is 2.38 bits per heavy atom. The van der Waals surface area contributed by atoms with Crippen LogP contribution in [0.25, 0.3) is 0 Å². The van der Waals surface area contributed by atoms with Gasteiger partial charge >= 0.3 is 0 Å². The highest BCUT2D eigenvalue weighted by Crippen LogP contribution is 2.18. The predicted molar refractivity (Wildman–Crippen MR) is 57.7 cm³/mol. The molecule has 1 rings (SSSR count). The van der Waals surface area contributed by atoms with E-state index in [2.05, 4.69) is 50.0 Å². The van der Waals surface area contributed by atoms with Crippen molar-refractivity contribution in [1.82, 2.24) is 0 Å². The van der Waals surface area contributed by atoms with Crippen molar-refractivity contribution in [3.05, 3.63) is 35.4 Å². The summed E-state index contributed by atoms with van der Waals surface area (Å²) in [7, 11) is 0. The Morgan fingerprint density at radius 1 is 1.23 bits per heavy atom. The van der Waals surface area contributed by atoms with Crippen molar-refractivity contribution < 1.29 is 0 Å². The molecular formula is C13H16. The number of hydrogen-bond acceptors (Lipinski definition) is 0. The summed E-state index contributed by atoms with van der Waals surface area (Å²) in [5, 5.41) is 0. The van der Waals surface area contributed by atoms with E-state index in [0.717, 1.165) is 6.42 Å². The van der Waals surface area contributed by atoms with Gasteiger partial charge in [0.1, 0.15) is 0 Å². The summed E-state index contributed by atoms with van der Waals surface area (Å²) < 4.78 is 0. The van der Waals surface area contributed by atoms with Crippen molar-refractivity contribution in [2.45, 2.75) is 33.1 Å². The van der Waals surface area contributed by atoms with Gasteiger partial charge in [-0.3, -0.25) is 0 Å². The summed E-state index contributed by atoms with van der Waals surface area (Å²) in [6.07, 6.45) is 0.958. The minimum Gasteiger partial charge on any atom is -0.107 e. The van der Waals surface area contributed by atoms with Gasteiger partial charge in [-0.2, -0.15) is 0 Å². The lowest BCUT2D eigenvalue weighted by molar-refractivity contribution is 0.795. The molecule has 1 aromatic rings. The maximum absolute atomic E-state index is 3.11. The number of aryl methyl sites for hydroxylation is 1. The van der Waals surface area contributed by atoms with Crippen LogP contribution in [0.4, 0.5) is 0 Å². The molecule has 0 aliphatic heterocycles. The van der Waals surface area contributed by atoms with Gasteiger partial charge < -0.3 is 0 Å². The Labute approximate surface area is 81.0 Å². The first-order valence-corrected chi connectivity index (χ1v) is 4.70. The van der Waals surface area contributed by atoms with Crippen molar-refractivity contribution >= 4 is 0 Å². The van der Waals surface area contributed by atoms with Gasteiger partial charge in [0.2, 0.25) is 0 Å². The molecule has 1 atom stereocenters. The summed E-state index contributed by atoms with van der Waals surface area (Å²) in [5.74, 6) is 6.59. The van der Waals surface area contributed by atoms with Crippen LogP contribution in [0, 0.1) is 18.8 Å². The van der Waals surface area contributed by atoms with Crippen LogP contribution in [-0.4, -0.2) is 0 Å². The minimum absolute atomic E-state index is 0.549. The van der Waals surface area contributed by atoms with Crippen LogP contribution in [0.15, 0.2) is 24.3 Å². The van der Waals surface area contributed by atoms with Gasteiger partial charge in [0, 0.05) is 6.42 Å². The second-order valence-electron chi connectivity index (χ2n) is 3.44. The Morgan fingerprint density at radius 2 is 1.85 bits per heavy atom. The molecule has 0 aliphatic rings. The average molecular weight is 172 g/mol. The minimum atomic E-state index is 0.549. The molecule has 1 unspecified atom stereocenters. The topological polar surface area (TPSA) is 0 Å². The highest BCUT2D eigenvalue weighted by molar-refractivity contribution is 5.25. The van der Waals surface area contributed by atoms with Crippen LogP contribution >= 0.6 is 0 Å². The molecule has 0 nitrogen and oxygen atoms in total. The number of hydrogen-bond donors (Lipinski definition) is 0. The van der Waals surface area contributed by atoms with E-state index < -0.39 is 0 Å². The predicted octanol–water partition coefficient (Wildman–Crippen LogP) is 3.51. The lowest BCUT2D eigenvalue weighted by atomic mass is 9.97. The Bertz CT molecular complexity index is 308. The molecule has 0 heteroatoms. The van der Waals surface area contributed by atoms with Gasteiger partial charge in [-0.25, -0.2) is 0 Å². The van der Waals surface area contributed by atoms with Gasteiger partial charge in [-0.05, 0) is 25.3 Å². The maximum atomic E-state index is 3.11. The first-order chi connectivity index (χ1) is 6.24. The molecule has 0 bridgehead atoms. The van der Waals surface area contributed by atoms with E-state index in [1.807, 2.05) is 6.92 Å². The third-order valence-corrected chi connectivity index (χ3v) is 2.23. The third-order valence-electron chi connectivity index (χ3n) is 2.23. The molecule has 0 aliphatic carbocycles. The largest absolute Gasteiger partial charge is 0.107 e. The first kappa shape index (κ1) is 9.86. The van der Waals surface area contributed by atoms with Crippen LogP contribution in [0.5, 0.6) is 0 Å². The molecule has 13 heavy (non-hydrogen) atoms. The molecule has 68 valence electrons. The van der Waals surface area contributed by atoms with Gasteiger partial charge in [0.05, 0.1) is 0 Å². The molecule has 0 amide bonds. The molecule has 0 fully saturated rings. The Hall–Kier alpha value is -1.22. The molecule has 0 saturated heterocycles. The number of benzene rings is 1. The lowest BCUT2D eigenvalue weighted by Crippen LogP contribution is -1.91. The van der Waals surface area contributed by atoms with Gasteiger partial charge in [0.15, 0.2) is 0 Å². The Kier molecular flexibility index (Phi) is 3.58. The second-order valence-corrected chi connectivity index (χ2v) is 3.44. The van der Waals surface area contributed by atoms with Crippen molar-refractivity contribution in [3.63, 3.8) is 0 Å². The van der Waals surface area contributed by atoms with E-state index in [-0.39, 0.29) is 0 Å². The summed E-state index contributed by atoms with van der Waals surface area (Å²) in [6.45, 7) is 6.22. The third kappa shape index (κ3) is 2.95. The summed E-state index contributed by atoms with van der Waals surface area (Å²) in [4.78, 5) is 0. The molecule has 0 radical (unpaired) electrons. The Balaban J connectivity index is 2.69. The zero-order chi connectivity index (χ0) is 9.68. The lowest BCUT2D eigenvalue weighted by Gasteiger charge is -2.07. The SMILES string of the molecule is CC#CCC(C)c1ccc(C)cc1. The standard InChI is InChI=1S/C13H16/c1-4-5-6-12(3)13-9-7-11(2)8-10-13/h7-10,12H,6H2,1-3H3. The molecule has 0 spiro atoms. The number of rotatable bonds is 2. The molecule has 0 N–H and O–H groups in total. The fourth-order valence-electron chi connectivity index (χ4n) is 1.27. The van der Waals surface area contributed by atoms with Crippen LogP contribution < -0.4 is 0 Å². The van der Waals surface area contributed by atoms with Crippen molar-refractivity contribution in [2.75, 3.05) is 0 Å². The normalized spacial score (nSPS) is 11.6. The first-order valence-electron chi connectivity index (χ1n) is 4.70.